The number of imidazole rings is 1. The van der Waals surface area contributed by atoms with Crippen molar-refractivity contribution in [1.82, 2.24) is 9.38 Å². The van der Waals surface area contributed by atoms with Crippen molar-refractivity contribution in [1.29, 1.82) is 5.26 Å². The van der Waals surface area contributed by atoms with Gasteiger partial charge < -0.3 is 5.32 Å². The molecule has 4 aromatic rings. The van der Waals surface area contributed by atoms with E-state index in [0.717, 1.165) is 0 Å². The summed E-state index contributed by atoms with van der Waals surface area (Å²) < 4.78 is 1.79. The number of nitriles is 1. The van der Waals surface area contributed by atoms with E-state index in [0.29, 0.717) is 43.9 Å². The normalized spacial score (nSPS) is 11.3. The summed E-state index contributed by atoms with van der Waals surface area (Å²) in [7, 11) is 0. The lowest BCUT2D eigenvalue weighted by atomic mass is 10.1. The zero-order valence-corrected chi connectivity index (χ0v) is 18.0. The lowest BCUT2D eigenvalue weighted by Crippen LogP contribution is -2.07. The largest absolute Gasteiger partial charge is 0.365 e. The second-order valence-corrected chi connectivity index (χ2v) is 7.66. The highest BCUT2D eigenvalue weighted by Crippen LogP contribution is 2.35. The highest BCUT2D eigenvalue weighted by atomic mass is 35.5. The number of nitro benzene ring substituents is 1. The lowest BCUT2D eigenvalue weighted by molar-refractivity contribution is -0.384. The first-order valence-corrected chi connectivity index (χ1v) is 10.2. The van der Waals surface area contributed by atoms with Crippen molar-refractivity contribution in [2.75, 3.05) is 11.9 Å². The van der Waals surface area contributed by atoms with Crippen LogP contribution in [-0.4, -0.2) is 20.9 Å². The third kappa shape index (κ3) is 4.28. The predicted molar refractivity (Wildman–Crippen MR) is 126 cm³/mol. The topological polar surface area (TPSA) is 96.3 Å². The Morgan fingerprint density at radius 2 is 1.97 bits per heavy atom. The van der Waals surface area contributed by atoms with E-state index in [2.05, 4.69) is 16.4 Å². The molecule has 2 aromatic heterocycles. The van der Waals surface area contributed by atoms with Crippen molar-refractivity contribution >= 4 is 46.4 Å². The van der Waals surface area contributed by atoms with Crippen molar-refractivity contribution in [2.24, 2.45) is 0 Å². The van der Waals surface area contributed by atoms with Crippen molar-refractivity contribution in [3.05, 3.63) is 98.2 Å². The number of para-hydroxylation sites is 1. The number of anilines is 1. The van der Waals surface area contributed by atoms with Gasteiger partial charge in [0.25, 0.3) is 5.69 Å². The smallest absolute Gasteiger partial charge is 0.278 e. The van der Waals surface area contributed by atoms with Gasteiger partial charge in [0, 0.05) is 27.9 Å². The number of nitrogens with one attached hydrogen (secondary N) is 1. The number of rotatable bonds is 6. The zero-order chi connectivity index (χ0) is 22.7. The molecule has 1 N–H and O–H groups in total. The molecule has 0 saturated carbocycles. The van der Waals surface area contributed by atoms with Crippen LogP contribution in [0.3, 0.4) is 0 Å². The molecule has 0 aliphatic rings. The van der Waals surface area contributed by atoms with Crippen molar-refractivity contribution in [3.63, 3.8) is 0 Å². The molecular weight excluding hydrogens is 449 g/mol. The van der Waals surface area contributed by atoms with Crippen LogP contribution >= 0.6 is 23.2 Å². The second-order valence-electron chi connectivity index (χ2n) is 6.81. The molecule has 2 heterocycles. The number of halogens is 2. The molecule has 0 aliphatic carbocycles. The van der Waals surface area contributed by atoms with Gasteiger partial charge in [0.1, 0.15) is 17.2 Å². The van der Waals surface area contributed by atoms with Crippen LogP contribution in [0.5, 0.6) is 0 Å². The molecule has 4 rings (SSSR count). The molecule has 0 amide bonds. The van der Waals surface area contributed by atoms with Crippen LogP contribution in [0.2, 0.25) is 10.0 Å². The molecule has 0 unspecified atom stereocenters. The van der Waals surface area contributed by atoms with Gasteiger partial charge in [-0.3, -0.25) is 14.5 Å². The summed E-state index contributed by atoms with van der Waals surface area (Å²) in [6.45, 7) is 0.159. The van der Waals surface area contributed by atoms with E-state index in [4.69, 9.17) is 23.2 Å². The number of aromatic nitrogens is 2. The van der Waals surface area contributed by atoms with Gasteiger partial charge in [-0.15, -0.1) is 0 Å². The summed E-state index contributed by atoms with van der Waals surface area (Å²) in [6, 6.07) is 19.1. The summed E-state index contributed by atoms with van der Waals surface area (Å²) in [6.07, 6.45) is 3.47. The number of pyridine rings is 1. The van der Waals surface area contributed by atoms with Crippen LogP contribution in [0.4, 0.5) is 11.5 Å². The first-order chi connectivity index (χ1) is 15.5. The Kier molecular flexibility index (Phi) is 6.08. The second kappa shape index (κ2) is 9.10. The molecule has 0 radical (unpaired) electrons. The van der Waals surface area contributed by atoms with Crippen LogP contribution in [-0.2, 0) is 0 Å². The SMILES string of the molecule is N#C/C(=C\c1ccc(Cl)cc1Cl)CNc1c(-c2ccccc2[N+](=O)[O-])nc2ccccn12. The molecule has 0 saturated heterocycles. The van der Waals surface area contributed by atoms with Gasteiger partial charge in [-0.05, 0) is 42.0 Å². The third-order valence-corrected chi connectivity index (χ3v) is 5.33. The van der Waals surface area contributed by atoms with Crippen LogP contribution in [0.25, 0.3) is 23.0 Å². The Bertz CT molecular complexity index is 1410. The van der Waals surface area contributed by atoms with Gasteiger partial charge in [-0.2, -0.15) is 5.26 Å². The molecule has 32 heavy (non-hydrogen) atoms. The zero-order valence-electron chi connectivity index (χ0n) is 16.5. The standard InChI is InChI=1S/C23H15Cl2N5O2/c24-17-9-8-16(19(25)12-17)11-15(13-26)14-27-23-22(28-21-7-3-4-10-29(21)23)18-5-1-2-6-20(18)30(31)32/h1-12,27H,14H2/b15-11+. The van der Waals surface area contributed by atoms with Gasteiger partial charge in [0.15, 0.2) is 0 Å². The van der Waals surface area contributed by atoms with E-state index in [1.807, 2.05) is 12.1 Å². The number of fused-ring (bicyclic) bond motifs is 1. The van der Waals surface area contributed by atoms with Gasteiger partial charge in [-0.25, -0.2) is 4.98 Å². The summed E-state index contributed by atoms with van der Waals surface area (Å²) >= 11 is 12.2. The summed E-state index contributed by atoms with van der Waals surface area (Å²) in [5.74, 6) is 0.540. The first kappa shape index (κ1) is 21.4. The van der Waals surface area contributed by atoms with E-state index < -0.39 is 4.92 Å². The van der Waals surface area contributed by atoms with Crippen LogP contribution in [0, 0.1) is 21.4 Å². The fourth-order valence-corrected chi connectivity index (χ4v) is 3.76. The third-order valence-electron chi connectivity index (χ3n) is 4.77. The maximum Gasteiger partial charge on any atom is 0.278 e. The molecule has 0 fully saturated rings. The number of nitro groups is 1. The number of hydrogen-bond donors (Lipinski definition) is 1. The Morgan fingerprint density at radius 3 is 2.72 bits per heavy atom. The Labute approximate surface area is 193 Å². The number of nitrogens with zero attached hydrogens (tertiary/aromatic N) is 4. The quantitative estimate of drug-likeness (QED) is 0.207. The maximum absolute atomic E-state index is 11.6. The van der Waals surface area contributed by atoms with E-state index in [-0.39, 0.29) is 12.2 Å². The summed E-state index contributed by atoms with van der Waals surface area (Å²) in [5, 5.41) is 25.4. The molecule has 0 bridgehead atoms. The highest BCUT2D eigenvalue weighted by Gasteiger charge is 2.22. The Hall–Kier alpha value is -3.86. The Balaban J connectivity index is 1.75. The molecule has 0 aliphatic heterocycles. The van der Waals surface area contributed by atoms with Crippen molar-refractivity contribution in [3.8, 4) is 17.3 Å². The minimum absolute atomic E-state index is 0.0528. The number of benzene rings is 2. The first-order valence-electron chi connectivity index (χ1n) is 9.48. The molecule has 9 heteroatoms. The van der Waals surface area contributed by atoms with E-state index >= 15 is 0 Å². The molecular formula is C23H15Cl2N5O2. The molecule has 7 nitrogen and oxygen atoms in total. The fourth-order valence-electron chi connectivity index (χ4n) is 3.29. The van der Waals surface area contributed by atoms with Gasteiger partial charge in [-0.1, -0.05) is 47.5 Å². The molecule has 0 atom stereocenters. The Morgan fingerprint density at radius 1 is 1.19 bits per heavy atom. The van der Waals surface area contributed by atoms with Crippen molar-refractivity contribution < 1.29 is 4.92 Å². The van der Waals surface area contributed by atoms with E-state index in [1.54, 1.807) is 59.1 Å². The molecule has 158 valence electrons. The van der Waals surface area contributed by atoms with Crippen LogP contribution in [0.1, 0.15) is 5.56 Å². The fraction of sp³-hybridized carbons (Fsp3) is 0.0435. The summed E-state index contributed by atoms with van der Waals surface area (Å²) in [5.41, 5.74) is 2.44. The number of hydrogen-bond acceptors (Lipinski definition) is 5. The van der Waals surface area contributed by atoms with E-state index in [1.165, 1.54) is 6.07 Å². The van der Waals surface area contributed by atoms with Gasteiger partial charge >= 0.3 is 0 Å². The van der Waals surface area contributed by atoms with E-state index in [9.17, 15) is 15.4 Å². The minimum atomic E-state index is -0.438. The lowest BCUT2D eigenvalue weighted by Gasteiger charge is -2.09. The average molecular weight is 464 g/mol. The predicted octanol–water partition coefficient (Wildman–Crippen LogP) is 6.24. The average Bonchev–Trinajstić information content (AvgIpc) is 3.16. The van der Waals surface area contributed by atoms with Gasteiger partial charge in [0.2, 0.25) is 0 Å². The van der Waals surface area contributed by atoms with Crippen LogP contribution < -0.4 is 5.32 Å². The molecule has 2 aromatic carbocycles. The minimum Gasteiger partial charge on any atom is -0.365 e. The monoisotopic (exact) mass is 463 g/mol. The van der Waals surface area contributed by atoms with Crippen molar-refractivity contribution in [2.45, 2.75) is 0 Å². The highest BCUT2D eigenvalue weighted by molar-refractivity contribution is 6.35. The van der Waals surface area contributed by atoms with Crippen LogP contribution in [0.15, 0.2) is 72.4 Å². The molecule has 0 spiro atoms. The van der Waals surface area contributed by atoms with Gasteiger partial charge in [0.05, 0.1) is 23.1 Å². The summed E-state index contributed by atoms with van der Waals surface area (Å²) in [4.78, 5) is 15.7. The maximum atomic E-state index is 11.6.